The van der Waals surface area contributed by atoms with Crippen LogP contribution in [0.5, 0.6) is 0 Å². The normalized spacial score (nSPS) is 10.5. The lowest BCUT2D eigenvalue weighted by molar-refractivity contribution is 1.28. The Kier molecular flexibility index (Phi) is 3.42. The molecular weight excluding hydrogens is 218 g/mol. The number of hydrogen-bond acceptors (Lipinski definition) is 1. The third-order valence-corrected chi connectivity index (χ3v) is 3.54. The maximum absolute atomic E-state index is 3.58. The highest BCUT2D eigenvalue weighted by molar-refractivity contribution is 5.69. The molecule has 2 aromatic rings. The SMILES string of the molecule is Cc1cc(C)c(Nc2cccc(C)c2C)c(C)c1. The van der Waals surface area contributed by atoms with E-state index >= 15 is 0 Å². The van der Waals surface area contributed by atoms with E-state index in [4.69, 9.17) is 0 Å². The van der Waals surface area contributed by atoms with Gasteiger partial charge in [-0.15, -0.1) is 0 Å². The highest BCUT2D eigenvalue weighted by Gasteiger charge is 2.06. The van der Waals surface area contributed by atoms with Crippen molar-refractivity contribution in [2.24, 2.45) is 0 Å². The maximum atomic E-state index is 3.58. The van der Waals surface area contributed by atoms with E-state index in [2.05, 4.69) is 70.3 Å². The minimum atomic E-state index is 1.20. The number of hydrogen-bond donors (Lipinski definition) is 1. The predicted octanol–water partition coefficient (Wildman–Crippen LogP) is 4.97. The van der Waals surface area contributed by atoms with E-state index in [0.29, 0.717) is 0 Å². The molecule has 0 aliphatic heterocycles. The van der Waals surface area contributed by atoms with Crippen LogP contribution in [0.3, 0.4) is 0 Å². The van der Waals surface area contributed by atoms with Gasteiger partial charge in [0.05, 0.1) is 0 Å². The van der Waals surface area contributed by atoms with Gasteiger partial charge in [0.25, 0.3) is 0 Å². The molecule has 2 aromatic carbocycles. The molecule has 1 nitrogen and oxygen atoms in total. The lowest BCUT2D eigenvalue weighted by Gasteiger charge is -2.16. The van der Waals surface area contributed by atoms with E-state index in [1.54, 1.807) is 0 Å². The summed E-state index contributed by atoms with van der Waals surface area (Å²) < 4.78 is 0. The van der Waals surface area contributed by atoms with Gasteiger partial charge in [-0.1, -0.05) is 29.8 Å². The summed E-state index contributed by atoms with van der Waals surface area (Å²) in [5.41, 5.74) is 8.98. The predicted molar refractivity (Wildman–Crippen MR) is 79.9 cm³/mol. The summed E-state index contributed by atoms with van der Waals surface area (Å²) in [4.78, 5) is 0. The van der Waals surface area contributed by atoms with Gasteiger partial charge in [-0.2, -0.15) is 0 Å². The molecule has 0 fully saturated rings. The third-order valence-electron chi connectivity index (χ3n) is 3.54. The Balaban J connectivity index is 2.43. The summed E-state index contributed by atoms with van der Waals surface area (Å²) in [7, 11) is 0. The van der Waals surface area contributed by atoms with Crippen LogP contribution in [0.15, 0.2) is 30.3 Å². The van der Waals surface area contributed by atoms with Gasteiger partial charge in [0.15, 0.2) is 0 Å². The molecule has 18 heavy (non-hydrogen) atoms. The number of nitrogens with one attached hydrogen (secondary N) is 1. The Hall–Kier alpha value is -1.76. The Morgan fingerprint density at radius 3 is 2.00 bits per heavy atom. The fourth-order valence-electron chi connectivity index (χ4n) is 2.40. The molecule has 0 aliphatic rings. The van der Waals surface area contributed by atoms with Gasteiger partial charge in [0.2, 0.25) is 0 Å². The smallest absolute Gasteiger partial charge is 0.0443 e. The van der Waals surface area contributed by atoms with Gasteiger partial charge in [-0.25, -0.2) is 0 Å². The highest BCUT2D eigenvalue weighted by Crippen LogP contribution is 2.28. The summed E-state index contributed by atoms with van der Waals surface area (Å²) in [6.45, 7) is 10.8. The quantitative estimate of drug-likeness (QED) is 0.780. The van der Waals surface area contributed by atoms with Crippen molar-refractivity contribution in [2.75, 3.05) is 5.32 Å². The molecule has 0 radical (unpaired) electrons. The fraction of sp³-hybridized carbons (Fsp3) is 0.294. The first-order chi connectivity index (χ1) is 8.49. The van der Waals surface area contributed by atoms with Crippen LogP contribution >= 0.6 is 0 Å². The molecule has 0 heterocycles. The molecule has 94 valence electrons. The second-order valence-electron chi connectivity index (χ2n) is 5.15. The van der Waals surface area contributed by atoms with Gasteiger partial charge in [0.1, 0.15) is 0 Å². The van der Waals surface area contributed by atoms with Crippen molar-refractivity contribution in [3.63, 3.8) is 0 Å². The van der Waals surface area contributed by atoms with Gasteiger partial charge in [-0.05, 0) is 62.9 Å². The molecule has 0 aromatic heterocycles. The molecule has 0 amide bonds. The van der Waals surface area contributed by atoms with E-state index < -0.39 is 0 Å². The van der Waals surface area contributed by atoms with Gasteiger partial charge in [0, 0.05) is 11.4 Å². The van der Waals surface area contributed by atoms with Crippen LogP contribution in [0, 0.1) is 34.6 Å². The standard InChI is InChI=1S/C17H21N/c1-11-9-13(3)17(14(4)10-11)18-16-8-6-7-12(2)15(16)5/h6-10,18H,1-5H3. The first-order valence-corrected chi connectivity index (χ1v) is 6.40. The largest absolute Gasteiger partial charge is 0.355 e. The van der Waals surface area contributed by atoms with Gasteiger partial charge >= 0.3 is 0 Å². The second-order valence-corrected chi connectivity index (χ2v) is 5.15. The molecule has 0 bridgehead atoms. The minimum Gasteiger partial charge on any atom is -0.355 e. The summed E-state index contributed by atoms with van der Waals surface area (Å²) >= 11 is 0. The van der Waals surface area contributed by atoms with Crippen LogP contribution in [0.2, 0.25) is 0 Å². The number of benzene rings is 2. The second kappa shape index (κ2) is 4.85. The van der Waals surface area contributed by atoms with Crippen LogP contribution in [-0.2, 0) is 0 Å². The number of anilines is 2. The summed E-state index contributed by atoms with van der Waals surface area (Å²) in [5, 5.41) is 3.58. The molecule has 0 saturated heterocycles. The van der Waals surface area contributed by atoms with Crippen molar-refractivity contribution >= 4 is 11.4 Å². The lowest BCUT2D eigenvalue weighted by atomic mass is 10.0. The Labute approximate surface area is 110 Å². The zero-order chi connectivity index (χ0) is 13.3. The van der Waals surface area contributed by atoms with Gasteiger partial charge in [-0.3, -0.25) is 0 Å². The monoisotopic (exact) mass is 239 g/mol. The molecule has 0 aliphatic carbocycles. The third kappa shape index (κ3) is 2.40. The van der Waals surface area contributed by atoms with Crippen LogP contribution in [0.25, 0.3) is 0 Å². The van der Waals surface area contributed by atoms with Crippen LogP contribution in [-0.4, -0.2) is 0 Å². The molecule has 0 atom stereocenters. The fourth-order valence-corrected chi connectivity index (χ4v) is 2.40. The molecule has 2 rings (SSSR count). The minimum absolute atomic E-state index is 1.20. The zero-order valence-electron chi connectivity index (χ0n) is 11.9. The van der Waals surface area contributed by atoms with Crippen molar-refractivity contribution in [2.45, 2.75) is 34.6 Å². The summed E-state index contributed by atoms with van der Waals surface area (Å²) in [5.74, 6) is 0. The van der Waals surface area contributed by atoms with Crippen molar-refractivity contribution in [3.05, 3.63) is 58.1 Å². The average molecular weight is 239 g/mol. The highest BCUT2D eigenvalue weighted by atomic mass is 14.9. The van der Waals surface area contributed by atoms with E-state index in [9.17, 15) is 0 Å². The van der Waals surface area contributed by atoms with Crippen molar-refractivity contribution in [1.29, 1.82) is 0 Å². The van der Waals surface area contributed by atoms with Crippen LogP contribution in [0.4, 0.5) is 11.4 Å². The first kappa shape index (κ1) is 12.7. The zero-order valence-corrected chi connectivity index (χ0v) is 11.9. The molecule has 1 N–H and O–H groups in total. The van der Waals surface area contributed by atoms with Crippen molar-refractivity contribution in [3.8, 4) is 0 Å². The Morgan fingerprint density at radius 1 is 0.778 bits per heavy atom. The summed E-state index contributed by atoms with van der Waals surface area (Å²) in [6, 6.07) is 10.8. The molecule has 0 saturated carbocycles. The molecular formula is C17H21N. The van der Waals surface area contributed by atoms with Crippen molar-refractivity contribution in [1.82, 2.24) is 0 Å². The number of rotatable bonds is 2. The van der Waals surface area contributed by atoms with E-state index in [1.807, 2.05) is 0 Å². The number of aryl methyl sites for hydroxylation is 4. The van der Waals surface area contributed by atoms with Crippen LogP contribution in [0.1, 0.15) is 27.8 Å². The topological polar surface area (TPSA) is 12.0 Å². The van der Waals surface area contributed by atoms with E-state index in [0.717, 1.165) is 0 Å². The molecule has 0 spiro atoms. The van der Waals surface area contributed by atoms with E-state index in [-0.39, 0.29) is 0 Å². The average Bonchev–Trinajstić information content (AvgIpc) is 2.28. The molecule has 0 unspecified atom stereocenters. The lowest BCUT2D eigenvalue weighted by Crippen LogP contribution is -1.99. The van der Waals surface area contributed by atoms with Crippen LogP contribution < -0.4 is 5.32 Å². The molecule has 1 heteroatoms. The Bertz CT molecular complexity index is 559. The maximum Gasteiger partial charge on any atom is 0.0443 e. The van der Waals surface area contributed by atoms with E-state index in [1.165, 1.54) is 39.2 Å². The first-order valence-electron chi connectivity index (χ1n) is 6.40. The summed E-state index contributed by atoms with van der Waals surface area (Å²) in [6.07, 6.45) is 0. The Morgan fingerprint density at radius 2 is 1.39 bits per heavy atom. The van der Waals surface area contributed by atoms with Gasteiger partial charge < -0.3 is 5.32 Å². The van der Waals surface area contributed by atoms with Crippen molar-refractivity contribution < 1.29 is 0 Å².